The molecule has 1 rings (SSSR count). The Kier molecular flexibility index (Phi) is 6.83. The third-order valence-electron chi connectivity index (χ3n) is 4.62. The van der Waals surface area contributed by atoms with Crippen molar-refractivity contribution >= 4 is 0 Å². The molecule has 20 heavy (non-hydrogen) atoms. The lowest BCUT2D eigenvalue weighted by Crippen LogP contribution is -2.46. The molecule has 1 nitrogen and oxygen atoms in total. The molecule has 0 aromatic carbocycles. The van der Waals surface area contributed by atoms with Crippen molar-refractivity contribution in [2.24, 2.45) is 17.8 Å². The fourth-order valence-corrected chi connectivity index (χ4v) is 3.45. The maximum absolute atomic E-state index is 12.2. The van der Waals surface area contributed by atoms with E-state index in [1.54, 1.807) is 0 Å². The SMILES string of the molecule is CC1CCC(C(C)C)C(NC(C)CCCC(F)(F)F)C1. The molecule has 4 atom stereocenters. The maximum Gasteiger partial charge on any atom is 0.389 e. The molecule has 0 bridgehead atoms. The van der Waals surface area contributed by atoms with Gasteiger partial charge in [0, 0.05) is 18.5 Å². The third-order valence-corrected chi connectivity index (χ3v) is 4.62. The molecule has 1 saturated carbocycles. The Morgan fingerprint density at radius 3 is 2.35 bits per heavy atom. The molecule has 4 heteroatoms. The zero-order chi connectivity index (χ0) is 15.3. The Balaban J connectivity index is 2.39. The minimum atomic E-state index is -4.01. The summed E-state index contributed by atoms with van der Waals surface area (Å²) in [7, 11) is 0. The average molecular weight is 293 g/mol. The van der Waals surface area contributed by atoms with Crippen molar-refractivity contribution in [3.8, 4) is 0 Å². The summed E-state index contributed by atoms with van der Waals surface area (Å²) in [5.41, 5.74) is 0. The van der Waals surface area contributed by atoms with Gasteiger partial charge in [0.15, 0.2) is 0 Å². The molecular formula is C16H30F3N. The molecule has 0 radical (unpaired) electrons. The lowest BCUT2D eigenvalue weighted by Gasteiger charge is -2.39. The average Bonchev–Trinajstić information content (AvgIpc) is 2.26. The van der Waals surface area contributed by atoms with E-state index in [2.05, 4.69) is 26.1 Å². The van der Waals surface area contributed by atoms with Crippen molar-refractivity contribution in [2.75, 3.05) is 0 Å². The van der Waals surface area contributed by atoms with E-state index in [0.29, 0.717) is 24.3 Å². The molecule has 0 saturated heterocycles. The molecule has 4 unspecified atom stereocenters. The van der Waals surface area contributed by atoms with Gasteiger partial charge in [-0.25, -0.2) is 0 Å². The predicted molar refractivity (Wildman–Crippen MR) is 77.6 cm³/mol. The van der Waals surface area contributed by atoms with Gasteiger partial charge in [-0.1, -0.05) is 27.2 Å². The zero-order valence-corrected chi connectivity index (χ0v) is 13.3. The highest BCUT2D eigenvalue weighted by Gasteiger charge is 2.31. The molecule has 1 aliphatic carbocycles. The van der Waals surface area contributed by atoms with Crippen LogP contribution in [0.5, 0.6) is 0 Å². The Hall–Kier alpha value is -0.250. The summed E-state index contributed by atoms with van der Waals surface area (Å²) >= 11 is 0. The number of nitrogens with one attached hydrogen (secondary N) is 1. The first-order valence-electron chi connectivity index (χ1n) is 8.02. The molecule has 1 N–H and O–H groups in total. The highest BCUT2D eigenvalue weighted by atomic mass is 19.4. The van der Waals surface area contributed by atoms with Crippen molar-refractivity contribution in [1.82, 2.24) is 5.32 Å². The topological polar surface area (TPSA) is 12.0 Å². The fraction of sp³-hybridized carbons (Fsp3) is 1.00. The molecule has 1 fully saturated rings. The third kappa shape index (κ3) is 6.47. The van der Waals surface area contributed by atoms with Crippen LogP contribution in [0.1, 0.15) is 66.2 Å². The Bertz CT molecular complexity index is 275. The van der Waals surface area contributed by atoms with E-state index in [9.17, 15) is 13.2 Å². The smallest absolute Gasteiger partial charge is 0.311 e. The number of hydrogen-bond acceptors (Lipinski definition) is 1. The van der Waals surface area contributed by atoms with Crippen LogP contribution in [0.2, 0.25) is 0 Å². The summed E-state index contributed by atoms with van der Waals surface area (Å²) in [4.78, 5) is 0. The number of halogens is 3. The highest BCUT2D eigenvalue weighted by Crippen LogP contribution is 2.34. The maximum atomic E-state index is 12.2. The van der Waals surface area contributed by atoms with E-state index in [4.69, 9.17) is 0 Å². The van der Waals surface area contributed by atoms with Gasteiger partial charge in [-0.05, 0) is 50.4 Å². The number of hydrogen-bond donors (Lipinski definition) is 1. The van der Waals surface area contributed by atoms with Crippen molar-refractivity contribution in [2.45, 2.75) is 84.5 Å². The van der Waals surface area contributed by atoms with Gasteiger partial charge in [-0.15, -0.1) is 0 Å². The molecule has 0 aromatic heterocycles. The van der Waals surface area contributed by atoms with Crippen LogP contribution in [-0.2, 0) is 0 Å². The first kappa shape index (κ1) is 17.8. The van der Waals surface area contributed by atoms with Crippen LogP contribution in [0.3, 0.4) is 0 Å². The van der Waals surface area contributed by atoms with Crippen molar-refractivity contribution in [3.05, 3.63) is 0 Å². The van der Waals surface area contributed by atoms with Gasteiger partial charge in [0.05, 0.1) is 0 Å². The summed E-state index contributed by atoms with van der Waals surface area (Å²) in [6.07, 6.45) is -0.156. The highest BCUT2D eigenvalue weighted by molar-refractivity contribution is 4.86. The zero-order valence-electron chi connectivity index (χ0n) is 13.3. The van der Waals surface area contributed by atoms with Gasteiger partial charge in [0.1, 0.15) is 0 Å². The largest absolute Gasteiger partial charge is 0.389 e. The standard InChI is InChI=1S/C16H30F3N/c1-11(2)14-8-7-12(3)10-15(14)20-13(4)6-5-9-16(17,18)19/h11-15,20H,5-10H2,1-4H3. The second-order valence-electron chi connectivity index (χ2n) is 7.01. The lowest BCUT2D eigenvalue weighted by atomic mass is 9.74. The van der Waals surface area contributed by atoms with Gasteiger partial charge >= 0.3 is 6.18 Å². The van der Waals surface area contributed by atoms with Gasteiger partial charge < -0.3 is 5.32 Å². The monoisotopic (exact) mass is 293 g/mol. The van der Waals surface area contributed by atoms with E-state index in [1.807, 2.05) is 6.92 Å². The summed E-state index contributed by atoms with van der Waals surface area (Å²) < 4.78 is 36.5. The first-order valence-corrected chi connectivity index (χ1v) is 8.02. The summed E-state index contributed by atoms with van der Waals surface area (Å²) in [6, 6.07) is 0.647. The van der Waals surface area contributed by atoms with Crippen LogP contribution in [-0.4, -0.2) is 18.3 Å². The van der Waals surface area contributed by atoms with Crippen LogP contribution < -0.4 is 5.32 Å². The van der Waals surface area contributed by atoms with Crippen LogP contribution in [0.15, 0.2) is 0 Å². The van der Waals surface area contributed by atoms with Gasteiger partial charge in [0.2, 0.25) is 0 Å². The Morgan fingerprint density at radius 1 is 1.15 bits per heavy atom. The van der Waals surface area contributed by atoms with E-state index < -0.39 is 12.6 Å². The van der Waals surface area contributed by atoms with Crippen LogP contribution >= 0.6 is 0 Å². The number of alkyl halides is 3. The van der Waals surface area contributed by atoms with Crippen LogP contribution in [0, 0.1) is 17.8 Å². The Labute approximate surface area is 121 Å². The van der Waals surface area contributed by atoms with E-state index in [0.717, 1.165) is 12.3 Å². The minimum absolute atomic E-state index is 0.175. The molecule has 120 valence electrons. The molecule has 0 spiro atoms. The molecule has 0 heterocycles. The normalized spacial score (nSPS) is 29.7. The summed E-state index contributed by atoms with van der Waals surface area (Å²) in [6.45, 7) is 8.81. The minimum Gasteiger partial charge on any atom is -0.311 e. The first-order chi connectivity index (χ1) is 9.19. The van der Waals surface area contributed by atoms with Gasteiger partial charge in [-0.2, -0.15) is 13.2 Å². The second-order valence-corrected chi connectivity index (χ2v) is 7.01. The second kappa shape index (κ2) is 7.67. The number of rotatable bonds is 6. The van der Waals surface area contributed by atoms with Crippen molar-refractivity contribution in [1.29, 1.82) is 0 Å². The molecule has 0 aliphatic heterocycles. The van der Waals surface area contributed by atoms with Gasteiger partial charge in [-0.3, -0.25) is 0 Å². The van der Waals surface area contributed by atoms with Crippen LogP contribution in [0.25, 0.3) is 0 Å². The molecule has 0 amide bonds. The Morgan fingerprint density at radius 2 is 1.80 bits per heavy atom. The van der Waals surface area contributed by atoms with Crippen molar-refractivity contribution < 1.29 is 13.2 Å². The van der Waals surface area contributed by atoms with E-state index >= 15 is 0 Å². The molecule has 1 aliphatic rings. The predicted octanol–water partition coefficient (Wildman–Crippen LogP) is 5.16. The van der Waals surface area contributed by atoms with Gasteiger partial charge in [0.25, 0.3) is 0 Å². The van der Waals surface area contributed by atoms with Crippen LogP contribution in [0.4, 0.5) is 13.2 Å². The summed E-state index contributed by atoms with van der Waals surface area (Å²) in [5.74, 6) is 2.03. The summed E-state index contributed by atoms with van der Waals surface area (Å²) in [5, 5.41) is 3.60. The van der Waals surface area contributed by atoms with E-state index in [1.165, 1.54) is 12.8 Å². The molecule has 0 aromatic rings. The lowest BCUT2D eigenvalue weighted by molar-refractivity contribution is -0.135. The fourth-order valence-electron chi connectivity index (χ4n) is 3.45. The van der Waals surface area contributed by atoms with E-state index in [-0.39, 0.29) is 12.5 Å². The van der Waals surface area contributed by atoms with Crippen molar-refractivity contribution in [3.63, 3.8) is 0 Å². The quantitative estimate of drug-likeness (QED) is 0.713. The molecular weight excluding hydrogens is 263 g/mol.